The lowest BCUT2D eigenvalue weighted by atomic mass is 9.99. The minimum absolute atomic E-state index is 0.440. The average molecular weight is 255 g/mol. The summed E-state index contributed by atoms with van der Waals surface area (Å²) < 4.78 is 0.999. The van der Waals surface area contributed by atoms with Crippen LogP contribution in [0.4, 0.5) is 0 Å². The van der Waals surface area contributed by atoms with Crippen LogP contribution in [0.15, 0.2) is 34.8 Å². The molecular weight excluding hydrogens is 240 g/mol. The van der Waals surface area contributed by atoms with Crippen LogP contribution >= 0.6 is 15.9 Å². The Bertz CT molecular complexity index is 344. The number of halogens is 1. The Kier molecular flexibility index (Phi) is 3.90. The molecule has 0 radical (unpaired) electrons. The second-order valence-electron chi connectivity index (χ2n) is 3.68. The van der Waals surface area contributed by atoms with Gasteiger partial charge in [-0.15, -0.1) is 6.58 Å². The Morgan fingerprint density at radius 3 is 2.79 bits per heavy atom. The first-order chi connectivity index (χ1) is 6.50. The van der Waals surface area contributed by atoms with Crippen LogP contribution in [0, 0.1) is 6.92 Å². The SMILES string of the molecule is C=C(C)CC(O)c1cc(Br)ccc1C. The van der Waals surface area contributed by atoms with Gasteiger partial charge < -0.3 is 5.11 Å². The van der Waals surface area contributed by atoms with Gasteiger partial charge in [0.05, 0.1) is 6.10 Å². The maximum atomic E-state index is 9.91. The first kappa shape index (κ1) is 11.5. The molecule has 0 aliphatic rings. The maximum absolute atomic E-state index is 9.91. The third kappa shape index (κ3) is 2.96. The molecule has 0 saturated heterocycles. The molecule has 1 nitrogen and oxygen atoms in total. The van der Waals surface area contributed by atoms with Crippen molar-refractivity contribution in [3.8, 4) is 0 Å². The number of hydrogen-bond donors (Lipinski definition) is 1. The van der Waals surface area contributed by atoms with Gasteiger partial charge in [-0.3, -0.25) is 0 Å². The number of rotatable bonds is 3. The van der Waals surface area contributed by atoms with Gasteiger partial charge in [-0.1, -0.05) is 27.6 Å². The lowest BCUT2D eigenvalue weighted by Crippen LogP contribution is -2.00. The predicted octanol–water partition coefficient (Wildman–Crippen LogP) is 3.76. The van der Waals surface area contributed by atoms with Crippen molar-refractivity contribution in [1.82, 2.24) is 0 Å². The van der Waals surface area contributed by atoms with Gasteiger partial charge in [-0.25, -0.2) is 0 Å². The molecule has 1 aromatic carbocycles. The highest BCUT2D eigenvalue weighted by Gasteiger charge is 2.10. The second-order valence-corrected chi connectivity index (χ2v) is 4.59. The van der Waals surface area contributed by atoms with Crippen LogP contribution in [0.25, 0.3) is 0 Å². The molecule has 1 rings (SSSR count). The molecule has 0 bridgehead atoms. The summed E-state index contributed by atoms with van der Waals surface area (Å²) in [6.07, 6.45) is 0.182. The predicted molar refractivity (Wildman–Crippen MR) is 63.3 cm³/mol. The fourth-order valence-electron chi connectivity index (χ4n) is 1.41. The Labute approximate surface area is 93.6 Å². The van der Waals surface area contributed by atoms with Crippen molar-refractivity contribution in [3.63, 3.8) is 0 Å². The van der Waals surface area contributed by atoms with E-state index in [2.05, 4.69) is 22.5 Å². The molecule has 0 aliphatic carbocycles. The van der Waals surface area contributed by atoms with E-state index in [0.29, 0.717) is 6.42 Å². The van der Waals surface area contributed by atoms with Crippen molar-refractivity contribution >= 4 is 15.9 Å². The van der Waals surface area contributed by atoms with E-state index in [4.69, 9.17) is 0 Å². The summed E-state index contributed by atoms with van der Waals surface area (Å²) in [7, 11) is 0. The van der Waals surface area contributed by atoms with E-state index in [-0.39, 0.29) is 0 Å². The Morgan fingerprint density at radius 1 is 1.57 bits per heavy atom. The highest BCUT2D eigenvalue weighted by molar-refractivity contribution is 9.10. The van der Waals surface area contributed by atoms with Gasteiger partial charge in [0.1, 0.15) is 0 Å². The van der Waals surface area contributed by atoms with Crippen molar-refractivity contribution in [2.45, 2.75) is 26.4 Å². The van der Waals surface area contributed by atoms with Crippen molar-refractivity contribution < 1.29 is 5.11 Å². The average Bonchev–Trinajstić information content (AvgIpc) is 2.08. The Hall–Kier alpha value is -0.600. The zero-order valence-corrected chi connectivity index (χ0v) is 10.1. The molecule has 1 N–H and O–H groups in total. The van der Waals surface area contributed by atoms with Crippen molar-refractivity contribution in [2.24, 2.45) is 0 Å². The molecule has 14 heavy (non-hydrogen) atoms. The van der Waals surface area contributed by atoms with Crippen molar-refractivity contribution in [2.75, 3.05) is 0 Å². The van der Waals surface area contributed by atoms with Gasteiger partial charge >= 0.3 is 0 Å². The number of aryl methyl sites for hydroxylation is 1. The van der Waals surface area contributed by atoms with Gasteiger partial charge in [0.25, 0.3) is 0 Å². The lowest BCUT2D eigenvalue weighted by molar-refractivity contribution is 0.177. The van der Waals surface area contributed by atoms with Crippen LogP contribution < -0.4 is 0 Å². The van der Waals surface area contributed by atoms with E-state index in [1.807, 2.05) is 32.0 Å². The topological polar surface area (TPSA) is 20.2 Å². The Balaban J connectivity index is 2.93. The summed E-state index contributed by atoms with van der Waals surface area (Å²) in [6, 6.07) is 5.94. The number of aliphatic hydroxyl groups is 1. The molecule has 2 heteroatoms. The number of aliphatic hydroxyl groups excluding tert-OH is 1. The maximum Gasteiger partial charge on any atom is 0.0829 e. The fraction of sp³-hybridized carbons (Fsp3) is 0.333. The lowest BCUT2D eigenvalue weighted by Gasteiger charge is -2.13. The molecule has 0 aromatic heterocycles. The molecule has 76 valence electrons. The first-order valence-corrected chi connectivity index (χ1v) is 5.38. The number of benzene rings is 1. The molecule has 0 aliphatic heterocycles. The first-order valence-electron chi connectivity index (χ1n) is 4.59. The van der Waals surface area contributed by atoms with E-state index in [1.165, 1.54) is 0 Å². The normalized spacial score (nSPS) is 12.6. The van der Waals surface area contributed by atoms with Crippen LogP contribution in [0.2, 0.25) is 0 Å². The van der Waals surface area contributed by atoms with E-state index in [0.717, 1.165) is 21.2 Å². The molecular formula is C12H15BrO. The smallest absolute Gasteiger partial charge is 0.0829 e. The number of hydrogen-bond acceptors (Lipinski definition) is 1. The molecule has 0 fully saturated rings. The van der Waals surface area contributed by atoms with Crippen LogP contribution in [0.1, 0.15) is 30.6 Å². The van der Waals surface area contributed by atoms with Gasteiger partial charge in [0.2, 0.25) is 0 Å². The summed E-state index contributed by atoms with van der Waals surface area (Å²) in [6.45, 7) is 7.73. The molecule has 1 aromatic rings. The third-order valence-electron chi connectivity index (χ3n) is 2.14. The largest absolute Gasteiger partial charge is 0.388 e. The summed E-state index contributed by atoms with van der Waals surface area (Å²) in [5.74, 6) is 0. The zero-order chi connectivity index (χ0) is 10.7. The van der Waals surface area contributed by atoms with Gasteiger partial charge in [-0.2, -0.15) is 0 Å². The summed E-state index contributed by atoms with van der Waals surface area (Å²) in [5, 5.41) is 9.91. The monoisotopic (exact) mass is 254 g/mol. The van der Waals surface area contributed by atoms with E-state index in [9.17, 15) is 5.11 Å². The molecule has 1 atom stereocenters. The standard InChI is InChI=1S/C12H15BrO/c1-8(2)6-12(14)11-7-10(13)5-4-9(11)3/h4-5,7,12,14H,1,6H2,2-3H3. The van der Waals surface area contributed by atoms with Gasteiger partial charge in [0, 0.05) is 4.47 Å². The highest BCUT2D eigenvalue weighted by Crippen LogP contribution is 2.26. The summed E-state index contributed by atoms with van der Waals surface area (Å²) in [5.41, 5.74) is 3.08. The summed E-state index contributed by atoms with van der Waals surface area (Å²) >= 11 is 3.40. The molecule has 0 amide bonds. The van der Waals surface area contributed by atoms with Gasteiger partial charge in [-0.05, 0) is 43.5 Å². The van der Waals surface area contributed by atoms with E-state index in [1.54, 1.807) is 0 Å². The highest BCUT2D eigenvalue weighted by atomic mass is 79.9. The summed E-state index contributed by atoms with van der Waals surface area (Å²) in [4.78, 5) is 0. The van der Waals surface area contributed by atoms with E-state index < -0.39 is 6.10 Å². The van der Waals surface area contributed by atoms with Crippen LogP contribution in [0.5, 0.6) is 0 Å². The van der Waals surface area contributed by atoms with E-state index >= 15 is 0 Å². The Morgan fingerprint density at radius 2 is 2.21 bits per heavy atom. The zero-order valence-electron chi connectivity index (χ0n) is 8.55. The van der Waals surface area contributed by atoms with Crippen molar-refractivity contribution in [1.29, 1.82) is 0 Å². The van der Waals surface area contributed by atoms with Gasteiger partial charge in [0.15, 0.2) is 0 Å². The minimum atomic E-state index is -0.440. The van der Waals surface area contributed by atoms with Crippen LogP contribution in [0.3, 0.4) is 0 Å². The molecule has 1 unspecified atom stereocenters. The molecule has 0 spiro atoms. The fourth-order valence-corrected chi connectivity index (χ4v) is 1.79. The van der Waals surface area contributed by atoms with Crippen LogP contribution in [-0.4, -0.2) is 5.11 Å². The quantitative estimate of drug-likeness (QED) is 0.815. The molecule has 0 heterocycles. The van der Waals surface area contributed by atoms with Crippen LogP contribution in [-0.2, 0) is 0 Å². The van der Waals surface area contributed by atoms with Crippen molar-refractivity contribution in [3.05, 3.63) is 46.0 Å². The third-order valence-corrected chi connectivity index (χ3v) is 2.64. The minimum Gasteiger partial charge on any atom is -0.388 e. The molecule has 0 saturated carbocycles. The second kappa shape index (κ2) is 4.76.